The van der Waals surface area contributed by atoms with Gasteiger partial charge in [0.15, 0.2) is 5.78 Å². The van der Waals surface area contributed by atoms with Crippen LogP contribution in [0.3, 0.4) is 0 Å². The topological polar surface area (TPSA) is 76.6 Å². The highest BCUT2D eigenvalue weighted by atomic mass is 16.5. The number of ketones is 1. The van der Waals surface area contributed by atoms with Crippen LogP contribution in [-0.2, 0) is 14.3 Å². The normalized spacial score (nSPS) is 16.0. The Labute approximate surface area is 173 Å². The maximum atomic E-state index is 13.5. The first kappa shape index (κ1) is 19.3. The minimum atomic E-state index is -0.782. The van der Waals surface area contributed by atoms with Crippen LogP contribution in [0.25, 0.3) is 0 Å². The van der Waals surface area contributed by atoms with Gasteiger partial charge in [-0.15, -0.1) is 0 Å². The highest BCUT2D eigenvalue weighted by Gasteiger charge is 2.46. The molecule has 0 saturated carbocycles. The van der Waals surface area contributed by atoms with Gasteiger partial charge in [-0.05, 0) is 17.7 Å². The first-order chi connectivity index (χ1) is 14.6. The molecular formula is C24H18N2O4. The number of esters is 1. The van der Waals surface area contributed by atoms with E-state index in [1.165, 1.54) is 11.8 Å². The number of benzene rings is 2. The molecule has 0 unspecified atom stereocenters. The molecule has 30 heavy (non-hydrogen) atoms. The molecule has 6 heteroatoms. The van der Waals surface area contributed by atoms with Crippen LogP contribution in [0.15, 0.2) is 96.4 Å². The monoisotopic (exact) mass is 398 g/mol. The molecule has 0 spiro atoms. The van der Waals surface area contributed by atoms with Gasteiger partial charge in [0.25, 0.3) is 5.91 Å². The van der Waals surface area contributed by atoms with E-state index in [1.54, 1.807) is 54.7 Å². The van der Waals surface area contributed by atoms with Crippen molar-refractivity contribution in [3.8, 4) is 0 Å². The molecule has 4 rings (SSSR count). The third kappa shape index (κ3) is 3.51. The van der Waals surface area contributed by atoms with Crippen LogP contribution >= 0.6 is 0 Å². The average molecular weight is 398 g/mol. The number of nitrogens with zero attached hydrogens (tertiary/aromatic N) is 2. The smallest absolute Gasteiger partial charge is 0.308 e. The lowest BCUT2D eigenvalue weighted by Crippen LogP contribution is -2.32. The molecule has 1 aliphatic rings. The molecule has 0 N–H and O–H groups in total. The van der Waals surface area contributed by atoms with Crippen LogP contribution < -0.4 is 4.90 Å². The number of rotatable bonds is 5. The lowest BCUT2D eigenvalue weighted by atomic mass is 9.93. The summed E-state index contributed by atoms with van der Waals surface area (Å²) in [6, 6.07) is 22.1. The van der Waals surface area contributed by atoms with Gasteiger partial charge in [0, 0.05) is 18.7 Å². The van der Waals surface area contributed by atoms with E-state index in [2.05, 4.69) is 4.98 Å². The number of carbonyl (C=O) groups excluding carboxylic acids is 3. The quantitative estimate of drug-likeness (QED) is 0.482. The molecule has 6 nitrogen and oxygen atoms in total. The summed E-state index contributed by atoms with van der Waals surface area (Å²) in [5, 5.41) is 0. The standard InChI is InChI=1S/C24H18N2O4/c1-16(27)30-23-20(22(28)18-12-6-3-7-13-18)21(17-10-4-2-5-11-17)26(24(23)29)19-14-8-9-15-25-19/h2-15,21H,1H3/t21-/m1/s1. The molecule has 2 aromatic carbocycles. The zero-order valence-electron chi connectivity index (χ0n) is 16.2. The van der Waals surface area contributed by atoms with E-state index in [-0.39, 0.29) is 17.1 Å². The van der Waals surface area contributed by atoms with Gasteiger partial charge in [0.1, 0.15) is 5.82 Å². The zero-order chi connectivity index (χ0) is 21.1. The number of ether oxygens (including phenoxy) is 1. The maximum absolute atomic E-state index is 13.5. The summed E-state index contributed by atoms with van der Waals surface area (Å²) in [6.45, 7) is 1.20. The van der Waals surface area contributed by atoms with Gasteiger partial charge in [0.2, 0.25) is 5.76 Å². The van der Waals surface area contributed by atoms with Crippen molar-refractivity contribution in [1.82, 2.24) is 4.98 Å². The van der Waals surface area contributed by atoms with Crippen molar-refractivity contribution in [3.63, 3.8) is 0 Å². The predicted molar refractivity (Wildman–Crippen MR) is 110 cm³/mol. The Morgan fingerprint density at radius 2 is 1.53 bits per heavy atom. The fourth-order valence-corrected chi connectivity index (χ4v) is 3.49. The van der Waals surface area contributed by atoms with Crippen LogP contribution in [0, 0.1) is 0 Å². The highest BCUT2D eigenvalue weighted by molar-refractivity contribution is 6.21. The third-order valence-corrected chi connectivity index (χ3v) is 4.73. The Kier molecular flexibility index (Phi) is 5.22. The summed E-state index contributed by atoms with van der Waals surface area (Å²) >= 11 is 0. The number of pyridine rings is 1. The van der Waals surface area contributed by atoms with Crippen molar-refractivity contribution in [2.24, 2.45) is 0 Å². The summed E-state index contributed by atoms with van der Waals surface area (Å²) in [5.41, 5.74) is 1.21. The molecule has 0 saturated heterocycles. The van der Waals surface area contributed by atoms with Crippen molar-refractivity contribution < 1.29 is 19.1 Å². The first-order valence-corrected chi connectivity index (χ1v) is 9.40. The van der Waals surface area contributed by atoms with E-state index >= 15 is 0 Å². The molecule has 0 fully saturated rings. The van der Waals surface area contributed by atoms with E-state index in [9.17, 15) is 14.4 Å². The van der Waals surface area contributed by atoms with Crippen molar-refractivity contribution in [1.29, 1.82) is 0 Å². The SMILES string of the molecule is CC(=O)OC1=C(C(=O)c2ccccc2)[C@@H](c2ccccc2)N(c2ccccn2)C1=O. The molecule has 1 aliphatic heterocycles. The maximum Gasteiger partial charge on any atom is 0.308 e. The number of aromatic nitrogens is 1. The second-order valence-electron chi connectivity index (χ2n) is 6.71. The van der Waals surface area contributed by atoms with E-state index in [0.717, 1.165) is 0 Å². The largest absolute Gasteiger partial charge is 0.420 e. The van der Waals surface area contributed by atoms with Crippen molar-refractivity contribution in [3.05, 3.63) is 108 Å². The minimum absolute atomic E-state index is 0.109. The van der Waals surface area contributed by atoms with Crippen molar-refractivity contribution >= 4 is 23.5 Å². The molecular weight excluding hydrogens is 380 g/mol. The Hall–Kier alpha value is -4.06. The first-order valence-electron chi connectivity index (χ1n) is 9.40. The zero-order valence-corrected chi connectivity index (χ0v) is 16.2. The fraction of sp³-hybridized carbons (Fsp3) is 0.0833. The third-order valence-electron chi connectivity index (χ3n) is 4.73. The van der Waals surface area contributed by atoms with E-state index in [1.807, 2.05) is 30.3 Å². The van der Waals surface area contributed by atoms with E-state index in [0.29, 0.717) is 16.9 Å². The molecule has 1 atom stereocenters. The van der Waals surface area contributed by atoms with Crippen molar-refractivity contribution in [2.45, 2.75) is 13.0 Å². The number of amides is 1. The van der Waals surface area contributed by atoms with Gasteiger partial charge in [-0.3, -0.25) is 19.3 Å². The second-order valence-corrected chi connectivity index (χ2v) is 6.71. The van der Waals surface area contributed by atoms with Crippen LogP contribution in [0.4, 0.5) is 5.82 Å². The van der Waals surface area contributed by atoms with Gasteiger partial charge in [-0.2, -0.15) is 0 Å². The Balaban J connectivity index is 1.94. The number of hydrogen-bond donors (Lipinski definition) is 0. The highest BCUT2D eigenvalue weighted by Crippen LogP contribution is 2.42. The Morgan fingerprint density at radius 1 is 0.900 bits per heavy atom. The summed E-state index contributed by atoms with van der Waals surface area (Å²) in [7, 11) is 0. The van der Waals surface area contributed by atoms with E-state index < -0.39 is 17.9 Å². The average Bonchev–Trinajstić information content (AvgIpc) is 3.06. The van der Waals surface area contributed by atoms with Crippen LogP contribution in [0.5, 0.6) is 0 Å². The summed E-state index contributed by atoms with van der Waals surface area (Å²) in [5.74, 6) is -1.55. The van der Waals surface area contributed by atoms with Crippen molar-refractivity contribution in [2.75, 3.05) is 4.90 Å². The number of carbonyl (C=O) groups is 3. The molecule has 3 aromatic rings. The molecule has 148 valence electrons. The fourth-order valence-electron chi connectivity index (χ4n) is 3.49. The van der Waals surface area contributed by atoms with Crippen LogP contribution in [0.1, 0.15) is 28.9 Å². The molecule has 0 aliphatic carbocycles. The van der Waals surface area contributed by atoms with Gasteiger partial charge in [0.05, 0.1) is 11.6 Å². The molecule has 1 aromatic heterocycles. The summed E-state index contributed by atoms with van der Waals surface area (Å²) in [6.07, 6.45) is 1.56. The molecule has 1 amide bonds. The van der Waals surface area contributed by atoms with Gasteiger partial charge < -0.3 is 4.74 Å². The predicted octanol–water partition coefficient (Wildman–Crippen LogP) is 3.87. The molecule has 0 radical (unpaired) electrons. The van der Waals surface area contributed by atoms with Gasteiger partial charge in [-0.1, -0.05) is 66.7 Å². The van der Waals surface area contributed by atoms with Gasteiger partial charge in [-0.25, -0.2) is 4.98 Å². The molecule has 0 bridgehead atoms. The van der Waals surface area contributed by atoms with Gasteiger partial charge >= 0.3 is 5.97 Å². The second kappa shape index (κ2) is 8.13. The van der Waals surface area contributed by atoms with Crippen LogP contribution in [0.2, 0.25) is 0 Å². The number of Topliss-reactive ketones (excluding diaryl/α,β-unsaturated/α-hetero) is 1. The Bertz CT molecular complexity index is 1130. The summed E-state index contributed by atoms with van der Waals surface area (Å²) < 4.78 is 5.28. The molecule has 2 heterocycles. The van der Waals surface area contributed by atoms with E-state index in [4.69, 9.17) is 4.74 Å². The number of anilines is 1. The lowest BCUT2D eigenvalue weighted by molar-refractivity contribution is -0.139. The lowest BCUT2D eigenvalue weighted by Gasteiger charge is -2.25. The van der Waals surface area contributed by atoms with Crippen LogP contribution in [-0.4, -0.2) is 22.6 Å². The minimum Gasteiger partial charge on any atom is -0.420 e. The Morgan fingerprint density at radius 3 is 2.13 bits per heavy atom. The number of hydrogen-bond acceptors (Lipinski definition) is 5. The summed E-state index contributed by atoms with van der Waals surface area (Å²) in [4.78, 5) is 44.3.